The third-order valence-electron chi connectivity index (χ3n) is 3.44. The molecule has 1 heterocycles. The highest BCUT2D eigenvalue weighted by atomic mass is 16.2. The number of rotatable bonds is 0. The molecular formula is C13H10N2O2. The van der Waals surface area contributed by atoms with Crippen LogP contribution in [0.3, 0.4) is 0 Å². The predicted molar refractivity (Wildman–Crippen MR) is 61.1 cm³/mol. The van der Waals surface area contributed by atoms with Crippen LogP contribution in [0.4, 0.5) is 4.79 Å². The molecule has 0 radical (unpaired) electrons. The van der Waals surface area contributed by atoms with Crippen LogP contribution >= 0.6 is 0 Å². The van der Waals surface area contributed by atoms with Gasteiger partial charge in [0.1, 0.15) is 5.54 Å². The molecule has 1 fully saturated rings. The number of nitrogens with one attached hydrogen (secondary N) is 2. The van der Waals surface area contributed by atoms with Crippen LogP contribution in [0.15, 0.2) is 18.2 Å². The van der Waals surface area contributed by atoms with E-state index in [1.54, 1.807) is 6.07 Å². The zero-order valence-corrected chi connectivity index (χ0v) is 9.04. The lowest BCUT2D eigenvalue weighted by Gasteiger charge is -2.20. The molecule has 3 rings (SSSR count). The van der Waals surface area contributed by atoms with Crippen molar-refractivity contribution < 1.29 is 9.59 Å². The highest BCUT2D eigenvalue weighted by Gasteiger charge is 2.51. The number of amides is 3. The van der Waals surface area contributed by atoms with Crippen LogP contribution in [0.5, 0.6) is 0 Å². The van der Waals surface area contributed by atoms with Crippen LogP contribution in [-0.4, -0.2) is 11.9 Å². The summed E-state index contributed by atoms with van der Waals surface area (Å²) in [4.78, 5) is 23.2. The monoisotopic (exact) mass is 226 g/mol. The third kappa shape index (κ3) is 1.19. The summed E-state index contributed by atoms with van der Waals surface area (Å²) in [6.07, 6.45) is 6.68. The fourth-order valence-electron chi connectivity index (χ4n) is 2.62. The molecule has 1 saturated heterocycles. The highest BCUT2D eigenvalue weighted by Crippen LogP contribution is 2.39. The van der Waals surface area contributed by atoms with Gasteiger partial charge in [-0.2, -0.15) is 0 Å². The van der Waals surface area contributed by atoms with Gasteiger partial charge in [-0.25, -0.2) is 4.79 Å². The van der Waals surface area contributed by atoms with Crippen LogP contribution in [0, 0.1) is 12.3 Å². The smallest absolute Gasteiger partial charge is 0.319 e. The van der Waals surface area contributed by atoms with Gasteiger partial charge in [0.25, 0.3) is 5.91 Å². The summed E-state index contributed by atoms with van der Waals surface area (Å²) < 4.78 is 0. The maximum absolute atomic E-state index is 11.9. The van der Waals surface area contributed by atoms with E-state index in [0.29, 0.717) is 6.42 Å². The van der Waals surface area contributed by atoms with Crippen molar-refractivity contribution >= 4 is 11.9 Å². The lowest BCUT2D eigenvalue weighted by molar-refractivity contribution is -0.124. The van der Waals surface area contributed by atoms with Gasteiger partial charge < -0.3 is 5.32 Å². The van der Waals surface area contributed by atoms with Crippen molar-refractivity contribution in [1.82, 2.24) is 10.6 Å². The Bertz CT molecular complexity index is 586. The van der Waals surface area contributed by atoms with E-state index < -0.39 is 11.6 Å². The lowest BCUT2D eigenvalue weighted by Crippen LogP contribution is -2.41. The van der Waals surface area contributed by atoms with Gasteiger partial charge in [-0.05, 0) is 36.1 Å². The van der Waals surface area contributed by atoms with Crippen molar-refractivity contribution in [3.05, 3.63) is 34.9 Å². The Kier molecular flexibility index (Phi) is 1.81. The first-order chi connectivity index (χ1) is 8.15. The third-order valence-corrected chi connectivity index (χ3v) is 3.44. The van der Waals surface area contributed by atoms with E-state index >= 15 is 0 Å². The molecule has 0 saturated carbocycles. The molecule has 2 aliphatic rings. The Morgan fingerprint density at radius 3 is 2.82 bits per heavy atom. The van der Waals surface area contributed by atoms with Gasteiger partial charge >= 0.3 is 6.03 Å². The van der Waals surface area contributed by atoms with Gasteiger partial charge in [0.05, 0.1) is 0 Å². The summed E-state index contributed by atoms with van der Waals surface area (Å²) in [5.41, 5.74) is 1.82. The molecule has 1 atom stereocenters. The van der Waals surface area contributed by atoms with Gasteiger partial charge in [0, 0.05) is 5.56 Å². The van der Waals surface area contributed by atoms with Gasteiger partial charge in [0.2, 0.25) is 0 Å². The number of fused-ring (bicyclic) bond motifs is 2. The van der Waals surface area contributed by atoms with Crippen molar-refractivity contribution in [3.63, 3.8) is 0 Å². The van der Waals surface area contributed by atoms with Gasteiger partial charge in [0.15, 0.2) is 0 Å². The Morgan fingerprint density at radius 1 is 1.35 bits per heavy atom. The minimum Gasteiger partial charge on any atom is -0.319 e. The molecule has 2 N–H and O–H groups in total. The summed E-state index contributed by atoms with van der Waals surface area (Å²) in [6.45, 7) is 0. The number of terminal acetylenes is 1. The topological polar surface area (TPSA) is 58.2 Å². The molecule has 1 aliphatic heterocycles. The quantitative estimate of drug-likeness (QED) is 0.504. The maximum Gasteiger partial charge on any atom is 0.322 e. The summed E-state index contributed by atoms with van der Waals surface area (Å²) >= 11 is 0. The van der Waals surface area contributed by atoms with Crippen molar-refractivity contribution in [2.45, 2.75) is 18.4 Å². The molecule has 3 amide bonds. The number of carbonyl (C=O) groups excluding carboxylic acids is 2. The molecule has 0 aromatic heterocycles. The Morgan fingerprint density at radius 2 is 2.18 bits per heavy atom. The fraction of sp³-hybridized carbons (Fsp3) is 0.231. The normalized spacial score (nSPS) is 25.4. The van der Waals surface area contributed by atoms with Crippen LogP contribution in [0.2, 0.25) is 0 Å². The van der Waals surface area contributed by atoms with E-state index in [1.807, 2.05) is 12.1 Å². The average molecular weight is 226 g/mol. The molecule has 1 unspecified atom stereocenters. The molecule has 84 valence electrons. The van der Waals surface area contributed by atoms with E-state index in [0.717, 1.165) is 23.1 Å². The Labute approximate surface area is 98.4 Å². The summed E-state index contributed by atoms with van der Waals surface area (Å²) in [5.74, 6) is 2.30. The van der Waals surface area contributed by atoms with Crippen LogP contribution in [-0.2, 0) is 16.8 Å². The number of hydrogen-bond donors (Lipinski definition) is 2. The standard InChI is InChI=1S/C13H10N2O2/c1-2-8-3-4-10-9(7-8)5-6-13(10)11(16)14-12(17)15-13/h1,3-4,7H,5-6H2,(H2,14,15,16,17). The van der Waals surface area contributed by atoms with Crippen molar-refractivity contribution in [1.29, 1.82) is 0 Å². The molecule has 0 bridgehead atoms. The summed E-state index contributed by atoms with van der Waals surface area (Å²) in [7, 11) is 0. The van der Waals surface area contributed by atoms with Gasteiger partial charge in [-0.15, -0.1) is 6.42 Å². The molecule has 4 heteroatoms. The minimum absolute atomic E-state index is 0.269. The molecule has 1 spiro atoms. The Balaban J connectivity index is 2.14. The van der Waals surface area contributed by atoms with Gasteiger partial charge in [-0.3, -0.25) is 10.1 Å². The van der Waals surface area contributed by atoms with E-state index in [2.05, 4.69) is 16.6 Å². The molecule has 17 heavy (non-hydrogen) atoms. The number of aryl methyl sites for hydroxylation is 1. The maximum atomic E-state index is 11.9. The second kappa shape index (κ2) is 3.11. The van der Waals surface area contributed by atoms with E-state index in [4.69, 9.17) is 6.42 Å². The minimum atomic E-state index is -0.875. The number of hydrogen-bond acceptors (Lipinski definition) is 2. The highest BCUT2D eigenvalue weighted by molar-refractivity contribution is 6.08. The SMILES string of the molecule is C#Cc1ccc2c(c1)CCC21NC(=O)NC1=O. The van der Waals surface area contributed by atoms with Crippen molar-refractivity contribution in [2.24, 2.45) is 0 Å². The first-order valence-electron chi connectivity index (χ1n) is 5.39. The Hall–Kier alpha value is -2.28. The van der Waals surface area contributed by atoms with Crippen LogP contribution in [0.1, 0.15) is 23.1 Å². The van der Waals surface area contributed by atoms with Crippen LogP contribution in [0.25, 0.3) is 0 Å². The average Bonchev–Trinajstić information content (AvgIpc) is 2.81. The van der Waals surface area contributed by atoms with Crippen LogP contribution < -0.4 is 10.6 Å². The number of carbonyl (C=O) groups is 2. The number of benzene rings is 1. The fourth-order valence-corrected chi connectivity index (χ4v) is 2.62. The lowest BCUT2D eigenvalue weighted by atomic mass is 9.91. The molecule has 4 nitrogen and oxygen atoms in total. The first kappa shape index (κ1) is 9.91. The van der Waals surface area contributed by atoms with E-state index in [9.17, 15) is 9.59 Å². The zero-order valence-electron chi connectivity index (χ0n) is 9.04. The largest absolute Gasteiger partial charge is 0.322 e. The van der Waals surface area contributed by atoms with E-state index in [-0.39, 0.29) is 5.91 Å². The second-order valence-electron chi connectivity index (χ2n) is 4.33. The predicted octanol–water partition coefficient (Wildman–Crippen LogP) is 0.649. The molecule has 1 aromatic carbocycles. The zero-order chi connectivity index (χ0) is 12.0. The van der Waals surface area contributed by atoms with Crippen molar-refractivity contribution in [2.75, 3.05) is 0 Å². The molecule has 1 aliphatic carbocycles. The molecular weight excluding hydrogens is 216 g/mol. The van der Waals surface area contributed by atoms with Crippen molar-refractivity contribution in [3.8, 4) is 12.3 Å². The molecule has 1 aromatic rings. The second-order valence-corrected chi connectivity index (χ2v) is 4.33. The number of imide groups is 1. The van der Waals surface area contributed by atoms with Gasteiger partial charge in [-0.1, -0.05) is 12.0 Å². The first-order valence-corrected chi connectivity index (χ1v) is 5.39. The number of urea groups is 1. The summed E-state index contributed by atoms with van der Waals surface area (Å²) in [6, 6.07) is 5.11. The summed E-state index contributed by atoms with van der Waals surface area (Å²) in [5, 5.41) is 5.01. The van der Waals surface area contributed by atoms with E-state index in [1.165, 1.54) is 0 Å².